The third-order valence-electron chi connectivity index (χ3n) is 6.65. The lowest BCUT2D eigenvalue weighted by molar-refractivity contribution is -0.115. The Balaban J connectivity index is 1.94. The molecule has 2 atom stereocenters. The third-order valence-corrected chi connectivity index (χ3v) is 6.65. The molecule has 2 aliphatic carbocycles. The van der Waals surface area contributed by atoms with Crippen LogP contribution in [0.1, 0.15) is 59.8 Å². The Morgan fingerprint density at radius 1 is 1.23 bits per heavy atom. The van der Waals surface area contributed by atoms with Crippen LogP contribution in [0.5, 0.6) is 11.5 Å². The summed E-state index contributed by atoms with van der Waals surface area (Å²) >= 11 is 0. The monoisotopic (exact) mass is 357 g/mol. The third kappa shape index (κ3) is 3.22. The molecule has 0 radical (unpaired) electrons. The van der Waals surface area contributed by atoms with E-state index in [0.29, 0.717) is 17.4 Å². The van der Waals surface area contributed by atoms with Crippen LogP contribution in [0.25, 0.3) is 0 Å². The molecule has 3 rings (SSSR count). The van der Waals surface area contributed by atoms with Gasteiger partial charge in [0.2, 0.25) is 0 Å². The van der Waals surface area contributed by atoms with Gasteiger partial charge < -0.3 is 15.2 Å². The van der Waals surface area contributed by atoms with Crippen molar-refractivity contribution in [2.24, 2.45) is 16.7 Å². The molecule has 4 nitrogen and oxygen atoms in total. The molecular weight excluding hydrogens is 326 g/mol. The van der Waals surface area contributed by atoms with Gasteiger partial charge in [-0.05, 0) is 43.9 Å². The molecule has 1 aromatic rings. The fourth-order valence-corrected chi connectivity index (χ4v) is 5.52. The van der Waals surface area contributed by atoms with Crippen LogP contribution < -0.4 is 10.1 Å². The molecule has 4 heteroatoms. The van der Waals surface area contributed by atoms with Crippen molar-refractivity contribution in [2.45, 2.75) is 59.8 Å². The fraction of sp³-hybridized carbons (Fsp3) is 0.591. The Hall–Kier alpha value is -1.97. The highest BCUT2D eigenvalue weighted by Gasteiger charge is 2.51. The molecule has 1 amide bonds. The summed E-state index contributed by atoms with van der Waals surface area (Å²) < 4.78 is 5.19. The highest BCUT2D eigenvalue weighted by Crippen LogP contribution is 2.59. The van der Waals surface area contributed by atoms with E-state index in [-0.39, 0.29) is 22.5 Å². The molecule has 0 heterocycles. The van der Waals surface area contributed by atoms with Gasteiger partial charge in [0.05, 0.1) is 7.11 Å². The number of carbonyl (C=O) groups excluding carboxylic acids is 1. The van der Waals surface area contributed by atoms with Crippen molar-refractivity contribution < 1.29 is 14.6 Å². The Kier molecular flexibility index (Phi) is 4.80. The lowest BCUT2D eigenvalue weighted by atomic mass is 9.50. The summed E-state index contributed by atoms with van der Waals surface area (Å²) in [7, 11) is 1.55. The zero-order valence-corrected chi connectivity index (χ0v) is 16.6. The lowest BCUT2D eigenvalue weighted by Gasteiger charge is -2.54. The van der Waals surface area contributed by atoms with Crippen molar-refractivity contribution in [3.63, 3.8) is 0 Å². The van der Waals surface area contributed by atoms with Gasteiger partial charge in [-0.2, -0.15) is 0 Å². The number of phenols is 1. The van der Waals surface area contributed by atoms with E-state index < -0.39 is 0 Å². The van der Waals surface area contributed by atoms with Crippen LogP contribution in [0.3, 0.4) is 0 Å². The predicted molar refractivity (Wildman–Crippen MR) is 104 cm³/mol. The van der Waals surface area contributed by atoms with Crippen LogP contribution in [-0.4, -0.2) is 18.1 Å². The van der Waals surface area contributed by atoms with Gasteiger partial charge in [-0.3, -0.25) is 4.79 Å². The molecule has 1 aromatic carbocycles. The van der Waals surface area contributed by atoms with Crippen molar-refractivity contribution in [3.05, 3.63) is 29.3 Å². The maximum absolute atomic E-state index is 13.3. The van der Waals surface area contributed by atoms with E-state index in [4.69, 9.17) is 4.74 Å². The van der Waals surface area contributed by atoms with E-state index in [1.165, 1.54) is 18.1 Å². The molecule has 2 N–H and O–H groups in total. The van der Waals surface area contributed by atoms with Gasteiger partial charge in [-0.1, -0.05) is 32.8 Å². The van der Waals surface area contributed by atoms with Crippen LogP contribution >= 0.6 is 0 Å². The molecule has 0 bridgehead atoms. The van der Waals surface area contributed by atoms with Crippen LogP contribution in [0, 0.1) is 16.7 Å². The molecule has 1 saturated carbocycles. The summed E-state index contributed by atoms with van der Waals surface area (Å²) in [6.07, 6.45) is 5.58. The second-order valence-corrected chi connectivity index (χ2v) is 8.88. The van der Waals surface area contributed by atoms with Crippen molar-refractivity contribution in [3.8, 4) is 11.5 Å². The summed E-state index contributed by atoms with van der Waals surface area (Å²) in [5.74, 6) is 1.08. The first-order valence-electron chi connectivity index (χ1n) is 9.57. The van der Waals surface area contributed by atoms with Crippen molar-refractivity contribution in [2.75, 3.05) is 12.4 Å². The van der Waals surface area contributed by atoms with Crippen molar-refractivity contribution >= 4 is 11.6 Å². The predicted octanol–water partition coefficient (Wildman–Crippen LogP) is 5.28. The zero-order valence-electron chi connectivity index (χ0n) is 16.6. The maximum Gasteiger partial charge on any atom is 0.252 e. The van der Waals surface area contributed by atoms with Gasteiger partial charge in [-0.15, -0.1) is 0 Å². The van der Waals surface area contributed by atoms with Crippen molar-refractivity contribution in [1.29, 1.82) is 0 Å². The van der Waals surface area contributed by atoms with Crippen LogP contribution in [0.2, 0.25) is 0 Å². The summed E-state index contributed by atoms with van der Waals surface area (Å²) in [6.45, 7) is 9.08. The first-order chi connectivity index (χ1) is 12.2. The molecule has 26 heavy (non-hydrogen) atoms. The Morgan fingerprint density at radius 2 is 1.96 bits per heavy atom. The maximum atomic E-state index is 13.3. The lowest BCUT2D eigenvalue weighted by Crippen LogP contribution is -2.47. The van der Waals surface area contributed by atoms with E-state index in [1.807, 2.05) is 0 Å². The number of rotatable bonds is 3. The second-order valence-electron chi connectivity index (χ2n) is 8.88. The fourth-order valence-electron chi connectivity index (χ4n) is 5.52. The molecule has 0 saturated heterocycles. The molecule has 1 unspecified atom stereocenters. The number of anilines is 1. The minimum atomic E-state index is -0.0882. The van der Waals surface area contributed by atoms with Crippen LogP contribution in [-0.2, 0) is 4.79 Å². The van der Waals surface area contributed by atoms with Gasteiger partial charge >= 0.3 is 0 Å². The quantitative estimate of drug-likeness (QED) is 0.773. The van der Waals surface area contributed by atoms with E-state index >= 15 is 0 Å². The number of ether oxygens (including phenoxy) is 1. The molecule has 1 fully saturated rings. The summed E-state index contributed by atoms with van der Waals surface area (Å²) in [6, 6.07) is 4.83. The Bertz CT molecular complexity index is 750. The highest BCUT2D eigenvalue weighted by molar-refractivity contribution is 6.05. The Morgan fingerprint density at radius 3 is 2.65 bits per heavy atom. The highest BCUT2D eigenvalue weighted by atomic mass is 16.5. The van der Waals surface area contributed by atoms with E-state index in [9.17, 15) is 9.90 Å². The van der Waals surface area contributed by atoms with E-state index in [0.717, 1.165) is 31.3 Å². The normalized spacial score (nSPS) is 27.7. The minimum Gasteiger partial charge on any atom is -0.508 e. The molecule has 0 spiro atoms. The molecule has 0 aromatic heterocycles. The van der Waals surface area contributed by atoms with Gasteiger partial charge in [-0.25, -0.2) is 0 Å². The van der Waals surface area contributed by atoms with Gasteiger partial charge in [0, 0.05) is 34.9 Å². The zero-order chi connectivity index (χ0) is 19.1. The van der Waals surface area contributed by atoms with Gasteiger partial charge in [0.25, 0.3) is 5.91 Å². The molecule has 142 valence electrons. The van der Waals surface area contributed by atoms with Crippen LogP contribution in [0.15, 0.2) is 29.3 Å². The van der Waals surface area contributed by atoms with E-state index in [1.54, 1.807) is 19.2 Å². The first-order valence-corrected chi connectivity index (χ1v) is 9.57. The summed E-state index contributed by atoms with van der Waals surface area (Å²) in [4.78, 5) is 13.3. The molecule has 2 aliphatic rings. The number of fused-ring (bicyclic) bond motifs is 1. The van der Waals surface area contributed by atoms with Crippen molar-refractivity contribution in [1.82, 2.24) is 0 Å². The number of amides is 1. The van der Waals surface area contributed by atoms with Crippen LogP contribution in [0.4, 0.5) is 5.69 Å². The number of phenolic OH excluding ortho intramolecular Hbond substituents is 1. The molecular formula is C22H31NO3. The smallest absolute Gasteiger partial charge is 0.252 e. The summed E-state index contributed by atoms with van der Waals surface area (Å²) in [5.41, 5.74) is 2.88. The SMILES string of the molecule is COc1cc(O)cc(NC(=O)C2=C(C)CCC3C(C)(C)CCC[C@]23C)c1. The van der Waals surface area contributed by atoms with Gasteiger partial charge in [0.15, 0.2) is 0 Å². The summed E-state index contributed by atoms with van der Waals surface area (Å²) in [5, 5.41) is 12.9. The Labute approximate surface area is 156 Å². The largest absolute Gasteiger partial charge is 0.508 e. The number of methoxy groups -OCH3 is 1. The number of hydrogen-bond acceptors (Lipinski definition) is 3. The number of nitrogens with one attached hydrogen (secondary N) is 1. The number of benzene rings is 1. The number of carbonyl (C=O) groups is 1. The van der Waals surface area contributed by atoms with Gasteiger partial charge in [0.1, 0.15) is 11.5 Å². The second kappa shape index (κ2) is 6.64. The standard InChI is InChI=1S/C22H31NO3/c1-14-7-8-18-21(2,3)9-6-10-22(18,4)19(14)20(25)23-15-11-16(24)13-17(12-15)26-5/h11-13,18,24H,6-10H2,1-5H3,(H,23,25)/t18?,22-/m0/s1. The topological polar surface area (TPSA) is 58.6 Å². The number of allylic oxidation sites excluding steroid dienone is 1. The first kappa shape index (κ1) is 18.8. The average molecular weight is 357 g/mol. The minimum absolute atomic E-state index is 0.0416. The van der Waals surface area contributed by atoms with E-state index in [2.05, 4.69) is 33.0 Å². The number of hydrogen-bond donors (Lipinski definition) is 2. The molecule has 0 aliphatic heterocycles. The average Bonchev–Trinajstić information content (AvgIpc) is 2.52. The number of aromatic hydroxyl groups is 1.